The van der Waals surface area contributed by atoms with Crippen molar-refractivity contribution in [3.8, 4) is 0 Å². The van der Waals surface area contributed by atoms with Gasteiger partial charge in [0, 0.05) is 24.0 Å². The molecule has 0 fully saturated rings. The molecule has 0 saturated carbocycles. The first kappa shape index (κ1) is 14.7. The van der Waals surface area contributed by atoms with Gasteiger partial charge < -0.3 is 10.5 Å². The van der Waals surface area contributed by atoms with E-state index in [1.807, 2.05) is 31.2 Å². The van der Waals surface area contributed by atoms with Gasteiger partial charge in [-0.3, -0.25) is 9.78 Å². The number of rotatable bonds is 5. The summed E-state index contributed by atoms with van der Waals surface area (Å²) in [6.45, 7) is 2.20. The number of aryl methyl sites for hydroxylation is 1. The molecule has 0 aliphatic heterocycles. The molecule has 5 heteroatoms. The Morgan fingerprint density at radius 3 is 2.60 bits per heavy atom. The van der Waals surface area contributed by atoms with Crippen LogP contribution in [0.25, 0.3) is 0 Å². The van der Waals surface area contributed by atoms with Gasteiger partial charge in [-0.2, -0.15) is 0 Å². The third-order valence-corrected chi connectivity index (χ3v) is 4.27. The highest BCUT2D eigenvalue weighted by molar-refractivity contribution is 7.09. The van der Waals surface area contributed by atoms with Crippen LogP contribution < -0.4 is 5.73 Å². The van der Waals surface area contributed by atoms with Crippen LogP contribution in [-0.4, -0.2) is 24.6 Å². The molecule has 0 aliphatic carbocycles. The highest BCUT2D eigenvalue weighted by Gasteiger charge is 2.40. The Bertz CT molecular complexity index is 566. The van der Waals surface area contributed by atoms with Gasteiger partial charge >= 0.3 is 5.97 Å². The monoisotopic (exact) mass is 290 g/mol. The zero-order valence-corrected chi connectivity index (χ0v) is 12.4. The Morgan fingerprint density at radius 2 is 2.10 bits per heavy atom. The molecule has 0 amide bonds. The number of esters is 1. The summed E-state index contributed by atoms with van der Waals surface area (Å²) >= 11 is 1.52. The molecule has 20 heavy (non-hydrogen) atoms. The Labute approximate surface area is 122 Å². The van der Waals surface area contributed by atoms with Crippen molar-refractivity contribution < 1.29 is 9.53 Å². The summed E-state index contributed by atoms with van der Waals surface area (Å²) in [6, 6.07) is 7.85. The maximum atomic E-state index is 12.4. The minimum Gasteiger partial charge on any atom is -0.468 e. The van der Waals surface area contributed by atoms with Gasteiger partial charge in [-0.25, -0.2) is 0 Å². The number of methoxy groups -OCH3 is 1. The maximum absolute atomic E-state index is 12.4. The summed E-state index contributed by atoms with van der Waals surface area (Å²) in [5, 5.41) is 0. The van der Waals surface area contributed by atoms with E-state index in [2.05, 4.69) is 4.98 Å². The third-order valence-electron chi connectivity index (χ3n) is 3.49. The van der Waals surface area contributed by atoms with Crippen molar-refractivity contribution in [1.29, 1.82) is 0 Å². The van der Waals surface area contributed by atoms with Gasteiger partial charge in [0.25, 0.3) is 0 Å². The average Bonchev–Trinajstić information content (AvgIpc) is 2.98. The van der Waals surface area contributed by atoms with Gasteiger partial charge in [0.15, 0.2) is 0 Å². The van der Waals surface area contributed by atoms with Gasteiger partial charge in [0.2, 0.25) is 0 Å². The minimum absolute atomic E-state index is 0.195. The van der Waals surface area contributed by atoms with Crippen molar-refractivity contribution in [3.63, 3.8) is 0 Å². The first-order valence-electron chi connectivity index (χ1n) is 6.35. The van der Waals surface area contributed by atoms with Crippen molar-refractivity contribution >= 4 is 17.3 Å². The van der Waals surface area contributed by atoms with Crippen molar-refractivity contribution in [2.75, 3.05) is 13.7 Å². The van der Waals surface area contributed by atoms with Gasteiger partial charge in [0.1, 0.15) is 5.41 Å². The second-order valence-corrected chi connectivity index (χ2v) is 5.76. The number of carbonyl (C=O) groups is 1. The zero-order chi connectivity index (χ0) is 14.6. The van der Waals surface area contributed by atoms with Gasteiger partial charge in [0.05, 0.1) is 12.6 Å². The summed E-state index contributed by atoms with van der Waals surface area (Å²) in [7, 11) is 1.40. The number of nitrogens with zero attached hydrogens (tertiary/aromatic N) is 1. The Hall–Kier alpha value is -1.72. The fourth-order valence-corrected chi connectivity index (χ4v) is 2.97. The number of aromatic nitrogens is 1. The molecule has 0 saturated heterocycles. The fraction of sp³-hybridized carbons (Fsp3) is 0.333. The van der Waals surface area contributed by atoms with Crippen LogP contribution in [0.1, 0.15) is 16.0 Å². The Morgan fingerprint density at radius 1 is 1.40 bits per heavy atom. The van der Waals surface area contributed by atoms with E-state index in [-0.39, 0.29) is 12.5 Å². The fourth-order valence-electron chi connectivity index (χ4n) is 2.26. The number of thiazole rings is 1. The number of hydrogen-bond acceptors (Lipinski definition) is 5. The predicted octanol–water partition coefficient (Wildman–Crippen LogP) is 2.06. The van der Waals surface area contributed by atoms with Crippen molar-refractivity contribution in [3.05, 3.63) is 52.0 Å². The number of benzene rings is 1. The summed E-state index contributed by atoms with van der Waals surface area (Å²) in [6.07, 6.45) is 2.27. The molecule has 0 bridgehead atoms. The van der Waals surface area contributed by atoms with Crippen LogP contribution >= 0.6 is 11.3 Å². The Balaban J connectivity index is 2.46. The highest BCUT2D eigenvalue weighted by atomic mass is 32.1. The highest BCUT2D eigenvalue weighted by Crippen LogP contribution is 2.30. The second kappa shape index (κ2) is 6.15. The van der Waals surface area contributed by atoms with Crippen LogP contribution in [0.3, 0.4) is 0 Å². The lowest BCUT2D eigenvalue weighted by molar-refractivity contribution is -0.147. The second-order valence-electron chi connectivity index (χ2n) is 4.79. The molecule has 1 atom stereocenters. The largest absolute Gasteiger partial charge is 0.468 e. The molecule has 1 unspecified atom stereocenters. The molecule has 1 aromatic heterocycles. The molecule has 2 rings (SSSR count). The molecule has 106 valence electrons. The standard InChI is InChI=1S/C15H18N2O2S/c1-11-3-5-12(6-4-11)15(9-16,14(18)19-2)7-13-8-17-10-20-13/h3-6,8,10H,7,9,16H2,1-2H3. The molecular formula is C15H18N2O2S. The van der Waals surface area contributed by atoms with Gasteiger partial charge in [-0.1, -0.05) is 29.8 Å². The average molecular weight is 290 g/mol. The normalized spacial score (nSPS) is 13.8. The number of nitrogens with two attached hydrogens (primary N) is 1. The van der Waals surface area contributed by atoms with Crippen molar-refractivity contribution in [2.24, 2.45) is 5.73 Å². The molecule has 2 N–H and O–H groups in total. The third kappa shape index (κ3) is 2.73. The summed E-state index contributed by atoms with van der Waals surface area (Å²) in [5.74, 6) is -0.308. The zero-order valence-electron chi connectivity index (χ0n) is 11.6. The van der Waals surface area contributed by atoms with E-state index < -0.39 is 5.41 Å². The van der Waals surface area contributed by atoms with Crippen LogP contribution in [-0.2, 0) is 21.4 Å². The van der Waals surface area contributed by atoms with E-state index in [4.69, 9.17) is 10.5 Å². The maximum Gasteiger partial charge on any atom is 0.317 e. The molecule has 0 spiro atoms. The number of carbonyl (C=O) groups excluding carboxylic acids is 1. The van der Waals surface area contributed by atoms with Gasteiger partial charge in [-0.05, 0) is 12.5 Å². The first-order valence-corrected chi connectivity index (χ1v) is 7.23. The quantitative estimate of drug-likeness (QED) is 0.856. The molecule has 0 aliphatic rings. The summed E-state index contributed by atoms with van der Waals surface area (Å²) in [5.41, 5.74) is 8.88. The van der Waals surface area contributed by atoms with E-state index in [1.54, 1.807) is 11.7 Å². The summed E-state index contributed by atoms with van der Waals surface area (Å²) < 4.78 is 5.01. The van der Waals surface area contributed by atoms with Crippen LogP contribution in [0.5, 0.6) is 0 Å². The van der Waals surface area contributed by atoms with Crippen LogP contribution in [0.15, 0.2) is 36.0 Å². The first-order chi connectivity index (χ1) is 9.62. The van der Waals surface area contributed by atoms with E-state index in [9.17, 15) is 4.79 Å². The lowest BCUT2D eigenvalue weighted by Gasteiger charge is -2.29. The van der Waals surface area contributed by atoms with Crippen molar-refractivity contribution in [1.82, 2.24) is 4.98 Å². The van der Waals surface area contributed by atoms with Crippen LogP contribution in [0, 0.1) is 6.92 Å². The van der Waals surface area contributed by atoms with Crippen LogP contribution in [0.2, 0.25) is 0 Å². The molecule has 1 heterocycles. The lowest BCUT2D eigenvalue weighted by atomic mass is 9.77. The lowest BCUT2D eigenvalue weighted by Crippen LogP contribution is -2.45. The SMILES string of the molecule is COC(=O)C(CN)(Cc1cncs1)c1ccc(C)cc1. The molecule has 0 radical (unpaired) electrons. The predicted molar refractivity (Wildman–Crippen MR) is 79.7 cm³/mol. The number of ether oxygens (including phenoxy) is 1. The Kier molecular flexibility index (Phi) is 4.52. The molecule has 1 aromatic carbocycles. The van der Waals surface area contributed by atoms with E-state index in [1.165, 1.54) is 18.4 Å². The smallest absolute Gasteiger partial charge is 0.317 e. The summed E-state index contributed by atoms with van der Waals surface area (Å²) in [4.78, 5) is 17.4. The van der Waals surface area contributed by atoms with E-state index in [0.29, 0.717) is 6.42 Å². The van der Waals surface area contributed by atoms with E-state index >= 15 is 0 Å². The molecule has 2 aromatic rings. The number of hydrogen-bond donors (Lipinski definition) is 1. The molecular weight excluding hydrogens is 272 g/mol. The van der Waals surface area contributed by atoms with E-state index in [0.717, 1.165) is 16.0 Å². The topological polar surface area (TPSA) is 65.2 Å². The van der Waals surface area contributed by atoms with Crippen molar-refractivity contribution in [2.45, 2.75) is 18.8 Å². The molecule has 4 nitrogen and oxygen atoms in total. The van der Waals surface area contributed by atoms with Crippen LogP contribution in [0.4, 0.5) is 0 Å². The minimum atomic E-state index is -0.852. The van der Waals surface area contributed by atoms with Gasteiger partial charge in [-0.15, -0.1) is 11.3 Å².